The summed E-state index contributed by atoms with van der Waals surface area (Å²) in [5.41, 5.74) is 0.265. The topological polar surface area (TPSA) is 34.4 Å². The Bertz CT molecular complexity index is 600. The van der Waals surface area contributed by atoms with Crippen LogP contribution in [0.2, 0.25) is 0 Å². The number of amides is 1. The predicted molar refractivity (Wildman–Crippen MR) is 64.3 cm³/mol. The Morgan fingerprint density at radius 2 is 2.35 bits per heavy atom. The number of benzene rings is 1. The summed E-state index contributed by atoms with van der Waals surface area (Å²) >= 11 is 1.38. The van der Waals surface area contributed by atoms with Crippen LogP contribution in [0.5, 0.6) is 0 Å². The van der Waals surface area contributed by atoms with Gasteiger partial charge >= 0.3 is 0 Å². The van der Waals surface area contributed by atoms with Crippen molar-refractivity contribution in [3.8, 4) is 0 Å². The largest absolute Gasteiger partial charge is 0.324 e. The van der Waals surface area contributed by atoms with Crippen LogP contribution in [-0.2, 0) is 6.54 Å². The van der Waals surface area contributed by atoms with E-state index in [4.69, 9.17) is 0 Å². The van der Waals surface area contributed by atoms with Crippen molar-refractivity contribution >= 4 is 17.2 Å². The quantitative estimate of drug-likeness (QED) is 0.806. The minimum absolute atomic E-state index is 0.265. The van der Waals surface area contributed by atoms with Crippen molar-refractivity contribution in [2.24, 2.45) is 4.99 Å². The average molecular weight is 250 g/mol. The smallest absolute Gasteiger partial charge is 0.279 e. The Kier molecular flexibility index (Phi) is 3.49. The molecule has 1 amide bonds. The summed E-state index contributed by atoms with van der Waals surface area (Å²) in [6, 6.07) is 5.54. The summed E-state index contributed by atoms with van der Waals surface area (Å²) < 4.78 is 14.8. The van der Waals surface area contributed by atoms with Crippen molar-refractivity contribution in [2.75, 3.05) is 0 Å². The Morgan fingerprint density at radius 3 is 3.06 bits per heavy atom. The first-order chi connectivity index (χ1) is 8.20. The molecule has 2 aromatic rings. The molecule has 5 heteroatoms. The van der Waals surface area contributed by atoms with Crippen LogP contribution < -0.4 is 4.80 Å². The van der Waals surface area contributed by atoms with Crippen LogP contribution in [0.1, 0.15) is 17.3 Å². The van der Waals surface area contributed by atoms with E-state index in [-0.39, 0.29) is 5.56 Å². The highest BCUT2D eigenvalue weighted by Crippen LogP contribution is 2.04. The number of halogens is 1. The van der Waals surface area contributed by atoms with E-state index in [1.54, 1.807) is 6.07 Å². The lowest BCUT2D eigenvalue weighted by atomic mass is 10.2. The summed E-state index contributed by atoms with van der Waals surface area (Å²) in [6.45, 7) is 2.72. The molecule has 0 unspecified atom stereocenters. The second-order valence-corrected chi connectivity index (χ2v) is 4.27. The molecule has 0 spiro atoms. The normalized spacial score (nSPS) is 11.8. The minimum Gasteiger partial charge on any atom is -0.324 e. The van der Waals surface area contributed by atoms with Gasteiger partial charge in [-0.1, -0.05) is 6.07 Å². The molecule has 0 saturated heterocycles. The second-order valence-electron chi connectivity index (χ2n) is 3.40. The molecule has 0 radical (unpaired) electrons. The first kappa shape index (κ1) is 11.7. The lowest BCUT2D eigenvalue weighted by Gasteiger charge is -1.97. The van der Waals surface area contributed by atoms with Crippen LogP contribution in [0.25, 0.3) is 0 Å². The first-order valence-corrected chi connectivity index (χ1v) is 6.07. The van der Waals surface area contributed by atoms with E-state index in [0.717, 1.165) is 6.54 Å². The van der Waals surface area contributed by atoms with Crippen molar-refractivity contribution < 1.29 is 9.18 Å². The fraction of sp³-hybridized carbons (Fsp3) is 0.167. The number of carbonyl (C=O) groups excluding carboxylic acids is 1. The van der Waals surface area contributed by atoms with E-state index in [1.165, 1.54) is 29.5 Å². The number of hydrogen-bond donors (Lipinski definition) is 0. The highest BCUT2D eigenvalue weighted by molar-refractivity contribution is 7.07. The monoisotopic (exact) mass is 250 g/mol. The zero-order chi connectivity index (χ0) is 12.3. The number of aryl methyl sites for hydroxylation is 1. The summed E-state index contributed by atoms with van der Waals surface area (Å²) in [7, 11) is 0. The van der Waals surface area contributed by atoms with Gasteiger partial charge in [0.2, 0.25) is 0 Å². The van der Waals surface area contributed by atoms with Crippen molar-refractivity contribution in [3.05, 3.63) is 52.0 Å². The summed E-state index contributed by atoms with van der Waals surface area (Å²) in [5.74, 6) is -0.852. The highest BCUT2D eigenvalue weighted by atomic mass is 32.1. The fourth-order valence-electron chi connectivity index (χ4n) is 1.40. The van der Waals surface area contributed by atoms with Gasteiger partial charge in [0, 0.05) is 23.7 Å². The number of nitrogens with zero attached hydrogens (tertiary/aromatic N) is 2. The van der Waals surface area contributed by atoms with E-state index in [1.807, 2.05) is 23.1 Å². The van der Waals surface area contributed by atoms with Gasteiger partial charge in [-0.2, -0.15) is 4.99 Å². The maximum Gasteiger partial charge on any atom is 0.279 e. The number of thiazole rings is 1. The number of carbonyl (C=O) groups is 1. The van der Waals surface area contributed by atoms with E-state index in [9.17, 15) is 9.18 Å². The van der Waals surface area contributed by atoms with E-state index < -0.39 is 11.7 Å². The third kappa shape index (κ3) is 2.68. The van der Waals surface area contributed by atoms with Crippen LogP contribution >= 0.6 is 11.3 Å². The molecular formula is C12H11FN2OS. The molecule has 1 aromatic heterocycles. The van der Waals surface area contributed by atoms with Crippen molar-refractivity contribution in [1.82, 2.24) is 4.57 Å². The molecule has 2 rings (SSSR count). The average Bonchev–Trinajstić information content (AvgIpc) is 2.76. The van der Waals surface area contributed by atoms with Gasteiger partial charge in [-0.25, -0.2) is 4.39 Å². The second kappa shape index (κ2) is 5.05. The molecule has 88 valence electrons. The molecular weight excluding hydrogens is 239 g/mol. The molecule has 0 aliphatic carbocycles. The predicted octanol–water partition coefficient (Wildman–Crippen LogP) is 2.45. The van der Waals surface area contributed by atoms with Gasteiger partial charge in [-0.05, 0) is 25.1 Å². The van der Waals surface area contributed by atoms with Gasteiger partial charge in [-0.3, -0.25) is 4.79 Å². The zero-order valence-corrected chi connectivity index (χ0v) is 10.1. The molecule has 1 aromatic carbocycles. The first-order valence-electron chi connectivity index (χ1n) is 5.19. The van der Waals surface area contributed by atoms with Crippen LogP contribution in [0.4, 0.5) is 4.39 Å². The molecule has 0 aliphatic rings. The molecule has 3 nitrogen and oxygen atoms in total. The Labute approximate surface area is 102 Å². The van der Waals surface area contributed by atoms with Crippen molar-refractivity contribution in [1.29, 1.82) is 0 Å². The fourth-order valence-corrected chi connectivity index (χ4v) is 2.19. The van der Waals surface area contributed by atoms with E-state index in [0.29, 0.717) is 4.80 Å². The lowest BCUT2D eigenvalue weighted by Crippen LogP contribution is -2.15. The molecule has 0 saturated carbocycles. The molecule has 0 fully saturated rings. The molecule has 0 bridgehead atoms. The Morgan fingerprint density at radius 1 is 1.53 bits per heavy atom. The van der Waals surface area contributed by atoms with Crippen molar-refractivity contribution in [2.45, 2.75) is 13.5 Å². The summed E-state index contributed by atoms with van der Waals surface area (Å²) in [5, 5.41) is 1.86. The van der Waals surface area contributed by atoms with E-state index in [2.05, 4.69) is 4.99 Å². The van der Waals surface area contributed by atoms with Crippen LogP contribution in [0, 0.1) is 5.82 Å². The van der Waals surface area contributed by atoms with Crippen LogP contribution in [-0.4, -0.2) is 10.5 Å². The molecule has 1 heterocycles. The van der Waals surface area contributed by atoms with Crippen LogP contribution in [0.15, 0.2) is 40.8 Å². The van der Waals surface area contributed by atoms with E-state index >= 15 is 0 Å². The summed E-state index contributed by atoms with van der Waals surface area (Å²) in [6.07, 6.45) is 1.86. The Hall–Kier alpha value is -1.75. The highest BCUT2D eigenvalue weighted by Gasteiger charge is 2.05. The standard InChI is InChI=1S/C12H11FN2OS/c1-2-15-6-7-17-12(15)14-11(16)9-4-3-5-10(13)8-9/h3-8H,2H2,1H3. The molecule has 17 heavy (non-hydrogen) atoms. The van der Waals surface area contributed by atoms with Gasteiger partial charge in [0.05, 0.1) is 0 Å². The van der Waals surface area contributed by atoms with Gasteiger partial charge in [0.25, 0.3) is 5.91 Å². The van der Waals surface area contributed by atoms with Gasteiger partial charge in [0.15, 0.2) is 4.80 Å². The van der Waals surface area contributed by atoms with Gasteiger partial charge in [-0.15, -0.1) is 11.3 Å². The third-order valence-electron chi connectivity index (χ3n) is 2.27. The zero-order valence-electron chi connectivity index (χ0n) is 9.26. The lowest BCUT2D eigenvalue weighted by molar-refractivity contribution is 0.0997. The molecule has 0 N–H and O–H groups in total. The minimum atomic E-state index is -0.430. The van der Waals surface area contributed by atoms with Gasteiger partial charge in [0.1, 0.15) is 5.82 Å². The third-order valence-corrected chi connectivity index (χ3v) is 3.06. The van der Waals surface area contributed by atoms with Crippen molar-refractivity contribution in [3.63, 3.8) is 0 Å². The number of rotatable bonds is 2. The number of hydrogen-bond acceptors (Lipinski definition) is 2. The summed E-state index contributed by atoms with van der Waals surface area (Å²) in [4.78, 5) is 16.4. The van der Waals surface area contributed by atoms with Gasteiger partial charge < -0.3 is 4.57 Å². The van der Waals surface area contributed by atoms with Crippen LogP contribution in [0.3, 0.4) is 0 Å². The molecule has 0 aliphatic heterocycles. The maximum atomic E-state index is 13.0. The Balaban J connectivity index is 2.37. The maximum absolute atomic E-state index is 13.0. The SMILES string of the molecule is CCn1ccsc1=NC(=O)c1cccc(F)c1. The molecule has 0 atom stereocenters. The number of aromatic nitrogens is 1.